The minimum absolute atomic E-state index is 0.621. The third-order valence-electron chi connectivity index (χ3n) is 3.19. The number of rotatable bonds is 12. The minimum atomic E-state index is -2.53. The second kappa shape index (κ2) is 10.9. The van der Waals surface area contributed by atoms with Crippen molar-refractivity contribution in [2.24, 2.45) is 5.73 Å². The lowest BCUT2D eigenvalue weighted by Crippen LogP contribution is -2.46. The highest BCUT2D eigenvalue weighted by Crippen LogP contribution is 2.18. The molecule has 0 saturated heterocycles. The Kier molecular flexibility index (Phi) is 9.53. The highest BCUT2D eigenvalue weighted by molar-refractivity contribution is 6.60. The van der Waals surface area contributed by atoms with Crippen LogP contribution in [0.15, 0.2) is 30.3 Å². The summed E-state index contributed by atoms with van der Waals surface area (Å²) in [5, 5.41) is 0. The van der Waals surface area contributed by atoms with Crippen LogP contribution in [0, 0.1) is 0 Å². The van der Waals surface area contributed by atoms with Crippen LogP contribution < -0.4 is 5.73 Å². The van der Waals surface area contributed by atoms with Crippen molar-refractivity contribution in [3.8, 4) is 0 Å². The van der Waals surface area contributed by atoms with E-state index in [2.05, 4.69) is 24.3 Å². The van der Waals surface area contributed by atoms with Gasteiger partial charge in [0.1, 0.15) is 0 Å². The van der Waals surface area contributed by atoms with Crippen molar-refractivity contribution < 1.29 is 13.3 Å². The molecule has 1 aromatic rings. The van der Waals surface area contributed by atoms with Crippen LogP contribution in [0.2, 0.25) is 6.04 Å². The molecule has 21 heavy (non-hydrogen) atoms. The van der Waals surface area contributed by atoms with Gasteiger partial charge in [-0.15, -0.1) is 0 Å². The van der Waals surface area contributed by atoms with E-state index in [1.807, 2.05) is 19.9 Å². The number of hydrogen-bond donors (Lipinski definition) is 1. The summed E-state index contributed by atoms with van der Waals surface area (Å²) in [6.07, 6.45) is 2.87. The summed E-state index contributed by atoms with van der Waals surface area (Å²) in [5.41, 5.74) is 6.95. The maximum atomic E-state index is 6.07. The molecule has 0 amide bonds. The fourth-order valence-corrected chi connectivity index (χ4v) is 4.90. The maximum Gasteiger partial charge on any atom is 0.500 e. The molecule has 2 N–H and O–H groups in total. The van der Waals surface area contributed by atoms with Gasteiger partial charge in [0, 0.05) is 25.9 Å². The predicted molar refractivity (Wildman–Crippen MR) is 88.2 cm³/mol. The van der Waals surface area contributed by atoms with Crippen molar-refractivity contribution in [3.63, 3.8) is 0 Å². The van der Waals surface area contributed by atoms with Crippen LogP contribution in [-0.2, 0) is 19.7 Å². The first-order chi connectivity index (χ1) is 10.3. The molecule has 0 heterocycles. The van der Waals surface area contributed by atoms with E-state index >= 15 is 0 Å². The standard InChI is InChI=1S/C16H29NO3Si/c1-3-18-21(19-4-2,15-9-13-17)20-14-8-12-16-10-6-5-7-11-16/h5-7,10-11H,3-4,8-9,12-15,17H2,1-2H3. The normalized spacial score (nSPS) is 11.8. The van der Waals surface area contributed by atoms with Crippen LogP contribution in [0.3, 0.4) is 0 Å². The Bertz CT molecular complexity index is 356. The number of benzene rings is 1. The van der Waals surface area contributed by atoms with Crippen molar-refractivity contribution in [2.75, 3.05) is 26.4 Å². The van der Waals surface area contributed by atoms with Crippen LogP contribution in [0.25, 0.3) is 0 Å². The van der Waals surface area contributed by atoms with Crippen molar-refractivity contribution >= 4 is 8.80 Å². The lowest BCUT2D eigenvalue weighted by atomic mass is 10.1. The van der Waals surface area contributed by atoms with Crippen LogP contribution in [0.1, 0.15) is 32.3 Å². The van der Waals surface area contributed by atoms with Gasteiger partial charge in [0.15, 0.2) is 0 Å². The van der Waals surface area contributed by atoms with E-state index in [0.29, 0.717) is 26.4 Å². The summed E-state index contributed by atoms with van der Waals surface area (Å²) >= 11 is 0. The van der Waals surface area contributed by atoms with Crippen molar-refractivity contribution in [1.29, 1.82) is 0 Å². The quantitative estimate of drug-likeness (QED) is 0.476. The molecular formula is C16H29NO3Si. The van der Waals surface area contributed by atoms with Crippen molar-refractivity contribution in [2.45, 2.75) is 39.2 Å². The predicted octanol–water partition coefficient (Wildman–Crippen LogP) is 3.00. The SMILES string of the molecule is CCO[Si](CCCN)(OCC)OCCCc1ccccc1. The van der Waals surface area contributed by atoms with Gasteiger partial charge < -0.3 is 19.0 Å². The van der Waals surface area contributed by atoms with E-state index in [4.69, 9.17) is 19.0 Å². The molecule has 120 valence electrons. The number of hydrogen-bond acceptors (Lipinski definition) is 4. The van der Waals surface area contributed by atoms with E-state index in [-0.39, 0.29) is 0 Å². The molecule has 0 fully saturated rings. The Morgan fingerprint density at radius 2 is 1.62 bits per heavy atom. The third kappa shape index (κ3) is 7.20. The van der Waals surface area contributed by atoms with Crippen LogP contribution in [-0.4, -0.2) is 35.2 Å². The second-order valence-corrected chi connectivity index (χ2v) is 7.61. The zero-order valence-corrected chi connectivity index (χ0v) is 14.3. The fourth-order valence-electron chi connectivity index (χ4n) is 2.25. The monoisotopic (exact) mass is 311 g/mol. The molecule has 0 aromatic heterocycles. The first kappa shape index (κ1) is 18.3. The molecule has 0 unspecified atom stereocenters. The van der Waals surface area contributed by atoms with Gasteiger partial charge in [-0.2, -0.15) is 0 Å². The zero-order valence-electron chi connectivity index (χ0n) is 13.3. The van der Waals surface area contributed by atoms with E-state index in [9.17, 15) is 0 Å². The molecule has 5 heteroatoms. The molecular weight excluding hydrogens is 282 g/mol. The van der Waals surface area contributed by atoms with E-state index in [0.717, 1.165) is 25.3 Å². The Morgan fingerprint density at radius 1 is 0.952 bits per heavy atom. The summed E-state index contributed by atoms with van der Waals surface area (Å²) in [6.45, 7) is 6.52. The lowest BCUT2D eigenvalue weighted by Gasteiger charge is -2.28. The number of aryl methyl sites for hydroxylation is 1. The Balaban J connectivity index is 2.43. The van der Waals surface area contributed by atoms with Crippen LogP contribution in [0.4, 0.5) is 0 Å². The summed E-state index contributed by atoms with van der Waals surface area (Å²) < 4.78 is 17.8. The molecule has 0 radical (unpaired) electrons. The molecule has 4 nitrogen and oxygen atoms in total. The van der Waals surface area contributed by atoms with E-state index in [1.54, 1.807) is 0 Å². The first-order valence-corrected chi connectivity index (χ1v) is 9.85. The molecule has 0 aliphatic heterocycles. The summed E-state index contributed by atoms with van der Waals surface area (Å²) in [5.74, 6) is 0. The molecule has 0 bridgehead atoms. The molecule has 1 rings (SSSR count). The van der Waals surface area contributed by atoms with Crippen LogP contribution in [0.5, 0.6) is 0 Å². The van der Waals surface area contributed by atoms with Gasteiger partial charge in [-0.1, -0.05) is 30.3 Å². The topological polar surface area (TPSA) is 53.7 Å². The Labute approximate surface area is 130 Å². The summed E-state index contributed by atoms with van der Waals surface area (Å²) in [6, 6.07) is 11.3. The molecule has 0 aliphatic rings. The van der Waals surface area contributed by atoms with Crippen LogP contribution >= 0.6 is 0 Å². The highest BCUT2D eigenvalue weighted by Gasteiger charge is 2.39. The van der Waals surface area contributed by atoms with Gasteiger partial charge in [-0.05, 0) is 45.2 Å². The molecule has 0 aliphatic carbocycles. The number of nitrogens with two attached hydrogens (primary N) is 1. The molecule has 1 aromatic carbocycles. The highest BCUT2D eigenvalue weighted by atomic mass is 28.4. The van der Waals surface area contributed by atoms with Gasteiger partial charge in [-0.3, -0.25) is 0 Å². The van der Waals surface area contributed by atoms with E-state index in [1.165, 1.54) is 5.56 Å². The maximum absolute atomic E-state index is 6.07. The average molecular weight is 311 g/mol. The summed E-state index contributed by atoms with van der Waals surface area (Å²) in [7, 11) is -2.53. The zero-order chi connectivity index (χ0) is 15.4. The van der Waals surface area contributed by atoms with Gasteiger partial charge in [0.2, 0.25) is 0 Å². The second-order valence-electron chi connectivity index (χ2n) is 4.88. The third-order valence-corrected chi connectivity index (χ3v) is 6.26. The van der Waals surface area contributed by atoms with Gasteiger partial charge in [0.25, 0.3) is 0 Å². The van der Waals surface area contributed by atoms with Gasteiger partial charge in [-0.25, -0.2) is 0 Å². The van der Waals surface area contributed by atoms with Gasteiger partial charge in [0.05, 0.1) is 0 Å². The lowest BCUT2D eigenvalue weighted by molar-refractivity contribution is 0.0659. The first-order valence-electron chi connectivity index (χ1n) is 7.92. The smallest absolute Gasteiger partial charge is 0.374 e. The molecule has 0 atom stereocenters. The minimum Gasteiger partial charge on any atom is -0.374 e. The Morgan fingerprint density at radius 3 is 2.19 bits per heavy atom. The average Bonchev–Trinajstić information content (AvgIpc) is 2.51. The fraction of sp³-hybridized carbons (Fsp3) is 0.625. The van der Waals surface area contributed by atoms with Crippen molar-refractivity contribution in [3.05, 3.63) is 35.9 Å². The molecule has 0 saturated carbocycles. The Hall–Kier alpha value is -0.723. The largest absolute Gasteiger partial charge is 0.500 e. The molecule has 0 spiro atoms. The van der Waals surface area contributed by atoms with Gasteiger partial charge >= 0.3 is 8.80 Å². The van der Waals surface area contributed by atoms with E-state index < -0.39 is 8.80 Å². The van der Waals surface area contributed by atoms with Crippen molar-refractivity contribution in [1.82, 2.24) is 0 Å². The summed E-state index contributed by atoms with van der Waals surface area (Å²) in [4.78, 5) is 0.